The van der Waals surface area contributed by atoms with Crippen molar-refractivity contribution in [2.24, 2.45) is 0 Å². The van der Waals surface area contributed by atoms with Crippen LogP contribution in [0.2, 0.25) is 0 Å². The molecule has 0 fully saturated rings. The minimum absolute atomic E-state index is 0.255. The van der Waals surface area contributed by atoms with E-state index in [0.29, 0.717) is 38.1 Å². The summed E-state index contributed by atoms with van der Waals surface area (Å²) in [5.41, 5.74) is -0.222. The van der Waals surface area contributed by atoms with Crippen molar-refractivity contribution in [1.29, 1.82) is 0 Å². The van der Waals surface area contributed by atoms with Crippen LogP contribution in [0.3, 0.4) is 0 Å². The first kappa shape index (κ1) is 22.7. The van der Waals surface area contributed by atoms with Crippen LogP contribution in [0.15, 0.2) is 63.8 Å². The van der Waals surface area contributed by atoms with Gasteiger partial charge in [-0.1, -0.05) is 23.5 Å². The van der Waals surface area contributed by atoms with E-state index < -0.39 is 11.7 Å². The van der Waals surface area contributed by atoms with Gasteiger partial charge in [0.2, 0.25) is 4.96 Å². The molecule has 11 heteroatoms. The van der Waals surface area contributed by atoms with Crippen LogP contribution in [0.1, 0.15) is 11.3 Å². The van der Waals surface area contributed by atoms with E-state index in [0.717, 1.165) is 23.5 Å². The molecule has 0 amide bonds. The molecular weight excluding hydrogens is 483 g/mol. The largest absolute Gasteiger partial charge is 0.493 e. The highest BCUT2D eigenvalue weighted by Gasteiger charge is 2.30. The second-order valence-corrected chi connectivity index (χ2v) is 8.41. The fourth-order valence-corrected chi connectivity index (χ4v) is 4.38. The minimum atomic E-state index is -4.45. The maximum Gasteiger partial charge on any atom is 0.416 e. The zero-order valence-corrected chi connectivity index (χ0v) is 19.1. The summed E-state index contributed by atoms with van der Waals surface area (Å²) in [4.78, 5) is 17.7. The first-order valence-electron chi connectivity index (χ1n) is 10.2. The molecule has 0 aliphatic rings. The third-order valence-corrected chi connectivity index (χ3v) is 6.16. The van der Waals surface area contributed by atoms with Gasteiger partial charge in [0.1, 0.15) is 16.1 Å². The Morgan fingerprint density at radius 3 is 2.51 bits per heavy atom. The molecule has 0 unspecified atom stereocenters. The van der Waals surface area contributed by atoms with Gasteiger partial charge in [-0.05, 0) is 42.5 Å². The molecule has 5 rings (SSSR count). The second kappa shape index (κ2) is 8.58. The fourth-order valence-electron chi connectivity index (χ4n) is 3.49. The summed E-state index contributed by atoms with van der Waals surface area (Å²) in [5.74, 6) is 1.99. The fraction of sp³-hybridized carbons (Fsp3) is 0.125. The van der Waals surface area contributed by atoms with Crippen molar-refractivity contribution in [2.45, 2.75) is 6.18 Å². The van der Waals surface area contributed by atoms with E-state index in [1.54, 1.807) is 30.3 Å². The molecule has 35 heavy (non-hydrogen) atoms. The monoisotopic (exact) mass is 499 g/mol. The highest BCUT2D eigenvalue weighted by molar-refractivity contribution is 7.15. The van der Waals surface area contributed by atoms with Crippen molar-refractivity contribution in [1.82, 2.24) is 14.6 Å². The molecular formula is C24H16F3N3O4S. The number of aromatic nitrogens is 3. The number of hydrogen-bond acceptors (Lipinski definition) is 7. The number of hydrogen-bond donors (Lipinski definition) is 0. The summed E-state index contributed by atoms with van der Waals surface area (Å²) in [6, 6.07) is 13.2. The van der Waals surface area contributed by atoms with Crippen molar-refractivity contribution in [3.8, 4) is 34.2 Å². The zero-order valence-electron chi connectivity index (χ0n) is 18.3. The lowest BCUT2D eigenvalue weighted by atomic mass is 10.1. The molecule has 0 saturated carbocycles. The van der Waals surface area contributed by atoms with Crippen LogP contribution >= 0.6 is 11.3 Å². The van der Waals surface area contributed by atoms with Crippen molar-refractivity contribution in [2.75, 3.05) is 14.2 Å². The van der Waals surface area contributed by atoms with Crippen LogP contribution in [-0.4, -0.2) is 28.8 Å². The molecule has 0 aliphatic carbocycles. The maximum absolute atomic E-state index is 13.0. The summed E-state index contributed by atoms with van der Waals surface area (Å²) in [6.45, 7) is 0. The van der Waals surface area contributed by atoms with Gasteiger partial charge in [0.05, 0.1) is 19.8 Å². The molecule has 0 atom stereocenters. The Morgan fingerprint density at radius 1 is 1.00 bits per heavy atom. The number of benzene rings is 2. The molecule has 0 aliphatic heterocycles. The van der Waals surface area contributed by atoms with E-state index in [1.807, 2.05) is 0 Å². The number of methoxy groups -OCH3 is 2. The van der Waals surface area contributed by atoms with E-state index in [-0.39, 0.29) is 16.9 Å². The van der Waals surface area contributed by atoms with Gasteiger partial charge >= 0.3 is 6.18 Å². The predicted molar refractivity (Wildman–Crippen MR) is 124 cm³/mol. The molecule has 0 bridgehead atoms. The van der Waals surface area contributed by atoms with Crippen molar-refractivity contribution >= 4 is 22.4 Å². The van der Waals surface area contributed by atoms with Crippen LogP contribution in [0.4, 0.5) is 13.2 Å². The van der Waals surface area contributed by atoms with Gasteiger partial charge in [0.15, 0.2) is 17.3 Å². The van der Waals surface area contributed by atoms with Gasteiger partial charge in [0.25, 0.3) is 5.56 Å². The van der Waals surface area contributed by atoms with Crippen molar-refractivity contribution < 1.29 is 27.1 Å². The van der Waals surface area contributed by atoms with E-state index in [9.17, 15) is 18.0 Å². The number of halogens is 3. The van der Waals surface area contributed by atoms with Gasteiger partial charge < -0.3 is 13.9 Å². The molecule has 3 aromatic heterocycles. The Balaban J connectivity index is 1.47. The number of nitrogens with zero attached hydrogens (tertiary/aromatic N) is 3. The normalized spacial score (nSPS) is 12.4. The summed E-state index contributed by atoms with van der Waals surface area (Å²) in [6.07, 6.45) is -2.94. The Kier molecular flexibility index (Phi) is 5.56. The molecule has 0 radical (unpaired) electrons. The Bertz CT molecular complexity index is 1650. The van der Waals surface area contributed by atoms with Gasteiger partial charge in [-0.2, -0.15) is 22.7 Å². The van der Waals surface area contributed by atoms with Crippen LogP contribution in [0.25, 0.3) is 33.7 Å². The van der Waals surface area contributed by atoms with Gasteiger partial charge in [0, 0.05) is 17.2 Å². The second-order valence-electron chi connectivity index (χ2n) is 7.40. The molecule has 5 aromatic rings. The van der Waals surface area contributed by atoms with E-state index in [2.05, 4.69) is 10.1 Å². The summed E-state index contributed by atoms with van der Waals surface area (Å²) in [5, 5.41) is 4.31. The Labute approximate surface area is 199 Å². The molecule has 0 saturated heterocycles. The van der Waals surface area contributed by atoms with Gasteiger partial charge in [-0.15, -0.1) is 5.10 Å². The first-order chi connectivity index (χ1) is 16.8. The lowest BCUT2D eigenvalue weighted by molar-refractivity contribution is -0.137. The highest BCUT2D eigenvalue weighted by Crippen LogP contribution is 2.33. The predicted octanol–water partition coefficient (Wildman–Crippen LogP) is 4.66. The topological polar surface area (TPSA) is 78.9 Å². The molecule has 0 spiro atoms. The van der Waals surface area contributed by atoms with Crippen LogP contribution in [-0.2, 0) is 6.18 Å². The maximum atomic E-state index is 13.0. The van der Waals surface area contributed by atoms with Crippen molar-refractivity contribution in [3.63, 3.8) is 0 Å². The summed E-state index contributed by atoms with van der Waals surface area (Å²) < 4.78 is 56.7. The highest BCUT2D eigenvalue weighted by atomic mass is 32.1. The average Bonchev–Trinajstić information content (AvgIpc) is 3.55. The SMILES string of the molecule is COc1ccc(-c2nc3sc(=Cc4ccc(-c5cccc(C(F)(F)F)c5)o4)c(=O)n3n2)cc1OC. The average molecular weight is 499 g/mol. The smallest absolute Gasteiger partial charge is 0.416 e. The molecule has 3 heterocycles. The van der Waals surface area contributed by atoms with E-state index in [1.165, 1.54) is 36.9 Å². The minimum Gasteiger partial charge on any atom is -0.493 e. The van der Waals surface area contributed by atoms with E-state index >= 15 is 0 Å². The van der Waals surface area contributed by atoms with Crippen LogP contribution in [0, 0.1) is 0 Å². The lowest BCUT2D eigenvalue weighted by Gasteiger charge is -2.07. The first-order valence-corrected chi connectivity index (χ1v) is 11.0. The summed E-state index contributed by atoms with van der Waals surface area (Å²) in [7, 11) is 3.05. The van der Waals surface area contributed by atoms with Crippen molar-refractivity contribution in [3.05, 3.63) is 80.8 Å². The molecule has 0 N–H and O–H groups in total. The summed E-state index contributed by atoms with van der Waals surface area (Å²) >= 11 is 1.12. The third-order valence-electron chi connectivity index (χ3n) is 5.20. The van der Waals surface area contributed by atoms with Crippen LogP contribution in [0.5, 0.6) is 11.5 Å². The number of thiazole rings is 1. The van der Waals surface area contributed by atoms with Gasteiger partial charge in [-0.3, -0.25) is 4.79 Å². The Hall–Kier alpha value is -4.12. The number of alkyl halides is 3. The Morgan fingerprint density at radius 2 is 1.80 bits per heavy atom. The third kappa shape index (κ3) is 4.26. The molecule has 178 valence electrons. The zero-order chi connectivity index (χ0) is 24.7. The van der Waals surface area contributed by atoms with E-state index in [4.69, 9.17) is 13.9 Å². The number of rotatable bonds is 5. The number of furan rings is 1. The lowest BCUT2D eigenvalue weighted by Crippen LogP contribution is -2.23. The molecule has 2 aromatic carbocycles. The number of ether oxygens (including phenoxy) is 2. The standard InChI is InChI=1S/C24H16F3N3O4S/c1-32-18-8-6-14(11-19(18)33-2)21-28-23-30(29-21)22(31)20(35-23)12-16-7-9-17(34-16)13-4-3-5-15(10-13)24(25,26)27/h3-12H,1-2H3. The quantitative estimate of drug-likeness (QED) is 0.350. The van der Waals surface area contributed by atoms with Gasteiger partial charge in [-0.25, -0.2) is 0 Å². The molecule has 7 nitrogen and oxygen atoms in total. The number of fused-ring (bicyclic) bond motifs is 1. The van der Waals surface area contributed by atoms with Crippen LogP contribution < -0.4 is 19.6 Å².